The smallest absolute Gasteiger partial charge is 0.166 e. The molecule has 1 unspecified atom stereocenters. The summed E-state index contributed by atoms with van der Waals surface area (Å²) >= 11 is 3.17. The van der Waals surface area contributed by atoms with Gasteiger partial charge in [0.2, 0.25) is 0 Å². The zero-order chi connectivity index (χ0) is 13.9. The van der Waals surface area contributed by atoms with Crippen molar-refractivity contribution >= 4 is 25.8 Å². The average Bonchev–Trinajstić information content (AvgIpc) is 2.67. The average molecular weight is 352 g/mol. The van der Waals surface area contributed by atoms with E-state index in [1.807, 2.05) is 0 Å². The van der Waals surface area contributed by atoms with Crippen LogP contribution in [0.4, 0.5) is 4.39 Å². The highest BCUT2D eigenvalue weighted by molar-refractivity contribution is 9.10. The maximum Gasteiger partial charge on any atom is 0.166 e. The summed E-state index contributed by atoms with van der Waals surface area (Å²) in [6, 6.07) is 4.59. The van der Waals surface area contributed by atoms with E-state index in [0.29, 0.717) is 24.0 Å². The van der Waals surface area contributed by atoms with Gasteiger partial charge in [0.15, 0.2) is 21.4 Å². The maximum absolute atomic E-state index is 13.4. The van der Waals surface area contributed by atoms with Crippen molar-refractivity contribution in [3.05, 3.63) is 28.5 Å². The first-order valence-corrected chi connectivity index (χ1v) is 8.59. The molecule has 1 saturated heterocycles. The molecular formula is C12H15BrFNO3S. The van der Waals surface area contributed by atoms with Gasteiger partial charge in [-0.2, -0.15) is 0 Å². The standard InChI is InChI=1S/C12H15BrFNO3S/c13-9-1-2-12(11(14)7-9)18-5-4-15-10-3-6-19(16,17)8-10/h1-2,7,10,15H,3-6,8H2. The molecule has 1 N–H and O–H groups in total. The van der Waals surface area contributed by atoms with Gasteiger partial charge in [-0.3, -0.25) is 0 Å². The molecule has 7 heteroatoms. The Labute approximate surface area is 120 Å². The number of nitrogens with one attached hydrogen (secondary N) is 1. The Kier molecular flexibility index (Phi) is 4.81. The summed E-state index contributed by atoms with van der Waals surface area (Å²) < 4.78 is 41.9. The van der Waals surface area contributed by atoms with E-state index in [1.165, 1.54) is 6.07 Å². The summed E-state index contributed by atoms with van der Waals surface area (Å²) in [5.41, 5.74) is 0. The van der Waals surface area contributed by atoms with Gasteiger partial charge in [-0.15, -0.1) is 0 Å². The van der Waals surface area contributed by atoms with E-state index in [9.17, 15) is 12.8 Å². The predicted octanol–water partition coefficient (Wildman–Crippen LogP) is 1.74. The van der Waals surface area contributed by atoms with E-state index in [1.54, 1.807) is 12.1 Å². The van der Waals surface area contributed by atoms with Crippen LogP contribution < -0.4 is 10.1 Å². The van der Waals surface area contributed by atoms with E-state index < -0.39 is 15.7 Å². The number of sulfone groups is 1. The number of ether oxygens (including phenoxy) is 1. The van der Waals surface area contributed by atoms with Crippen molar-refractivity contribution in [1.82, 2.24) is 5.32 Å². The van der Waals surface area contributed by atoms with E-state index in [2.05, 4.69) is 21.2 Å². The van der Waals surface area contributed by atoms with Crippen molar-refractivity contribution in [3.8, 4) is 5.75 Å². The minimum atomic E-state index is -2.86. The Bertz CT molecular complexity index is 550. The fourth-order valence-corrected chi connectivity index (χ4v) is 4.01. The third-order valence-corrected chi connectivity index (χ3v) is 5.18. The summed E-state index contributed by atoms with van der Waals surface area (Å²) in [6.45, 7) is 0.796. The summed E-state index contributed by atoms with van der Waals surface area (Å²) in [4.78, 5) is 0. The second-order valence-electron chi connectivity index (χ2n) is 4.48. The number of hydrogen-bond donors (Lipinski definition) is 1. The highest BCUT2D eigenvalue weighted by Gasteiger charge is 2.27. The van der Waals surface area contributed by atoms with Crippen molar-refractivity contribution in [1.29, 1.82) is 0 Å². The summed E-state index contributed by atoms with van der Waals surface area (Å²) in [6.07, 6.45) is 0.634. The fraction of sp³-hybridized carbons (Fsp3) is 0.500. The van der Waals surface area contributed by atoms with Gasteiger partial charge in [-0.05, 0) is 24.6 Å². The first kappa shape index (κ1) is 14.7. The van der Waals surface area contributed by atoms with Crippen LogP contribution in [0.1, 0.15) is 6.42 Å². The van der Waals surface area contributed by atoms with Gasteiger partial charge in [0, 0.05) is 17.1 Å². The zero-order valence-corrected chi connectivity index (χ0v) is 12.6. The minimum absolute atomic E-state index is 0.0108. The summed E-state index contributed by atoms with van der Waals surface area (Å²) in [5.74, 6) is 0.203. The SMILES string of the molecule is O=S1(=O)CCC(NCCOc2ccc(Br)cc2F)C1. The maximum atomic E-state index is 13.4. The van der Waals surface area contributed by atoms with Gasteiger partial charge in [0.1, 0.15) is 6.61 Å². The summed E-state index contributed by atoms with van der Waals surface area (Å²) in [5, 5.41) is 3.10. The normalized spacial score (nSPS) is 21.5. The van der Waals surface area contributed by atoms with E-state index >= 15 is 0 Å². The molecule has 106 valence electrons. The van der Waals surface area contributed by atoms with Gasteiger partial charge >= 0.3 is 0 Å². The van der Waals surface area contributed by atoms with Crippen LogP contribution in [0.2, 0.25) is 0 Å². The lowest BCUT2D eigenvalue weighted by Gasteiger charge is -2.12. The lowest BCUT2D eigenvalue weighted by Crippen LogP contribution is -2.33. The van der Waals surface area contributed by atoms with Crippen LogP contribution in [0.3, 0.4) is 0 Å². The highest BCUT2D eigenvalue weighted by atomic mass is 79.9. The first-order chi connectivity index (χ1) is 8.96. The molecule has 2 rings (SSSR count). The largest absolute Gasteiger partial charge is 0.489 e. The van der Waals surface area contributed by atoms with Gasteiger partial charge < -0.3 is 10.1 Å². The molecule has 4 nitrogen and oxygen atoms in total. The van der Waals surface area contributed by atoms with E-state index in [4.69, 9.17) is 4.74 Å². The van der Waals surface area contributed by atoms with Crippen molar-refractivity contribution in [2.45, 2.75) is 12.5 Å². The molecule has 1 heterocycles. The van der Waals surface area contributed by atoms with Crippen LogP contribution in [-0.2, 0) is 9.84 Å². The predicted molar refractivity (Wildman–Crippen MR) is 74.7 cm³/mol. The Balaban J connectivity index is 1.72. The lowest BCUT2D eigenvalue weighted by atomic mass is 10.3. The summed E-state index contributed by atoms with van der Waals surface area (Å²) in [7, 11) is -2.86. The molecule has 19 heavy (non-hydrogen) atoms. The zero-order valence-electron chi connectivity index (χ0n) is 10.2. The quantitative estimate of drug-likeness (QED) is 0.821. The Hall–Kier alpha value is -0.660. The van der Waals surface area contributed by atoms with Gasteiger partial charge in [0.25, 0.3) is 0 Å². The van der Waals surface area contributed by atoms with Crippen LogP contribution in [-0.4, -0.2) is 39.1 Å². The van der Waals surface area contributed by atoms with Crippen LogP contribution in [0.25, 0.3) is 0 Å². The lowest BCUT2D eigenvalue weighted by molar-refractivity contribution is 0.293. The monoisotopic (exact) mass is 351 g/mol. The topological polar surface area (TPSA) is 55.4 Å². The van der Waals surface area contributed by atoms with Crippen molar-refractivity contribution in [3.63, 3.8) is 0 Å². The molecule has 0 bridgehead atoms. The third-order valence-electron chi connectivity index (χ3n) is 2.92. The molecular weight excluding hydrogens is 337 g/mol. The fourth-order valence-electron chi connectivity index (χ4n) is 1.97. The van der Waals surface area contributed by atoms with Crippen molar-refractivity contribution < 1.29 is 17.5 Å². The molecule has 1 aromatic carbocycles. The van der Waals surface area contributed by atoms with Gasteiger partial charge in [0.05, 0.1) is 11.5 Å². The number of hydrogen-bond acceptors (Lipinski definition) is 4. The molecule has 1 atom stereocenters. The minimum Gasteiger partial charge on any atom is -0.489 e. The molecule has 0 aliphatic carbocycles. The molecule has 0 amide bonds. The van der Waals surface area contributed by atoms with Gasteiger partial charge in [-0.25, -0.2) is 12.8 Å². The van der Waals surface area contributed by atoms with Crippen LogP contribution in [0.5, 0.6) is 5.75 Å². The van der Waals surface area contributed by atoms with E-state index in [-0.39, 0.29) is 23.3 Å². The van der Waals surface area contributed by atoms with Gasteiger partial charge in [-0.1, -0.05) is 15.9 Å². The van der Waals surface area contributed by atoms with Crippen LogP contribution in [0.15, 0.2) is 22.7 Å². The van der Waals surface area contributed by atoms with Crippen molar-refractivity contribution in [2.75, 3.05) is 24.7 Å². The number of rotatable bonds is 5. The molecule has 1 aromatic rings. The molecule has 1 aliphatic rings. The second-order valence-corrected chi connectivity index (χ2v) is 7.62. The molecule has 0 saturated carbocycles. The Morgan fingerprint density at radius 1 is 1.47 bits per heavy atom. The Morgan fingerprint density at radius 3 is 2.89 bits per heavy atom. The number of halogens is 2. The van der Waals surface area contributed by atoms with Crippen LogP contribution >= 0.6 is 15.9 Å². The highest BCUT2D eigenvalue weighted by Crippen LogP contribution is 2.21. The number of benzene rings is 1. The Morgan fingerprint density at radius 2 is 2.26 bits per heavy atom. The molecule has 1 fully saturated rings. The second kappa shape index (κ2) is 6.19. The molecule has 0 aromatic heterocycles. The van der Waals surface area contributed by atoms with E-state index in [0.717, 1.165) is 0 Å². The third kappa shape index (κ3) is 4.43. The molecule has 1 aliphatic heterocycles. The van der Waals surface area contributed by atoms with Crippen LogP contribution in [0, 0.1) is 5.82 Å². The first-order valence-electron chi connectivity index (χ1n) is 5.98. The van der Waals surface area contributed by atoms with Crippen molar-refractivity contribution in [2.24, 2.45) is 0 Å². The molecule has 0 spiro atoms. The molecule has 0 radical (unpaired) electrons.